The lowest BCUT2D eigenvalue weighted by atomic mass is 9.88. The van der Waals surface area contributed by atoms with Crippen molar-refractivity contribution in [2.24, 2.45) is 12.8 Å². The summed E-state index contributed by atoms with van der Waals surface area (Å²) in [4.78, 5) is 0. The first-order chi connectivity index (χ1) is 8.22. The molecule has 4 heteroatoms. The molecule has 0 amide bonds. The van der Waals surface area contributed by atoms with Gasteiger partial charge in [-0.1, -0.05) is 6.92 Å². The molecule has 0 bridgehead atoms. The second kappa shape index (κ2) is 5.65. The molecule has 0 spiro atoms. The van der Waals surface area contributed by atoms with E-state index in [2.05, 4.69) is 18.2 Å². The number of aromatic nitrogens is 2. The summed E-state index contributed by atoms with van der Waals surface area (Å²) in [7, 11) is 2.00. The van der Waals surface area contributed by atoms with Gasteiger partial charge in [-0.2, -0.15) is 5.10 Å². The summed E-state index contributed by atoms with van der Waals surface area (Å²) in [6.07, 6.45) is 5.38. The molecule has 0 saturated carbocycles. The van der Waals surface area contributed by atoms with Crippen LogP contribution in [0.15, 0.2) is 6.20 Å². The molecule has 2 rings (SSSR count). The van der Waals surface area contributed by atoms with Crippen LogP contribution in [0.1, 0.15) is 49.3 Å². The Morgan fingerprint density at radius 2 is 2.24 bits per heavy atom. The molecule has 1 atom stereocenters. The number of rotatable bonds is 4. The Balaban J connectivity index is 2.19. The molecule has 1 fully saturated rings. The normalized spacial score (nSPS) is 19.5. The maximum absolute atomic E-state index is 5.65. The van der Waals surface area contributed by atoms with E-state index < -0.39 is 0 Å². The molecule has 0 radical (unpaired) electrons. The second-order valence-electron chi connectivity index (χ2n) is 5.01. The third kappa shape index (κ3) is 2.87. The molecule has 2 heterocycles. The summed E-state index contributed by atoms with van der Waals surface area (Å²) in [5.74, 6) is 1.08. The molecular weight excluding hydrogens is 214 g/mol. The highest BCUT2D eigenvalue weighted by molar-refractivity contribution is 5.25. The Labute approximate surface area is 103 Å². The Bertz CT molecular complexity index is 356. The predicted octanol–water partition coefficient (Wildman–Crippen LogP) is 1.77. The van der Waals surface area contributed by atoms with E-state index >= 15 is 0 Å². The van der Waals surface area contributed by atoms with Crippen molar-refractivity contribution in [3.05, 3.63) is 17.5 Å². The van der Waals surface area contributed by atoms with Crippen LogP contribution in [0.5, 0.6) is 0 Å². The van der Waals surface area contributed by atoms with Crippen molar-refractivity contribution in [3.8, 4) is 0 Å². The minimum atomic E-state index is 0.506. The minimum absolute atomic E-state index is 0.506. The highest BCUT2D eigenvalue weighted by atomic mass is 16.5. The topological polar surface area (TPSA) is 53.1 Å². The van der Waals surface area contributed by atoms with Gasteiger partial charge in [0.15, 0.2) is 0 Å². The SMILES string of the molecule is CC(CCN)c1cn(C)nc1C1CCOCC1. The molecular formula is C13H23N3O. The lowest BCUT2D eigenvalue weighted by Crippen LogP contribution is -2.16. The van der Waals surface area contributed by atoms with Gasteiger partial charge in [0.1, 0.15) is 0 Å². The largest absolute Gasteiger partial charge is 0.381 e. The summed E-state index contributed by atoms with van der Waals surface area (Å²) < 4.78 is 7.36. The van der Waals surface area contributed by atoms with Crippen LogP contribution in [0.4, 0.5) is 0 Å². The zero-order valence-electron chi connectivity index (χ0n) is 10.9. The first kappa shape index (κ1) is 12.6. The summed E-state index contributed by atoms with van der Waals surface area (Å²) in [6, 6.07) is 0. The zero-order valence-corrected chi connectivity index (χ0v) is 10.9. The third-order valence-electron chi connectivity index (χ3n) is 3.63. The molecule has 1 aromatic heterocycles. The standard InChI is InChI=1S/C13H23N3O/c1-10(3-6-14)12-9-16(2)15-13(12)11-4-7-17-8-5-11/h9-11H,3-8,14H2,1-2H3. The first-order valence-electron chi connectivity index (χ1n) is 6.53. The van der Waals surface area contributed by atoms with Crippen LogP contribution in [0.2, 0.25) is 0 Å². The average Bonchev–Trinajstić information content (AvgIpc) is 2.73. The number of hydrogen-bond acceptors (Lipinski definition) is 3. The fourth-order valence-corrected chi connectivity index (χ4v) is 2.60. The van der Waals surface area contributed by atoms with Crippen LogP contribution in [0.3, 0.4) is 0 Å². The van der Waals surface area contributed by atoms with Crippen molar-refractivity contribution in [3.63, 3.8) is 0 Å². The van der Waals surface area contributed by atoms with E-state index in [-0.39, 0.29) is 0 Å². The minimum Gasteiger partial charge on any atom is -0.381 e. The lowest BCUT2D eigenvalue weighted by Gasteiger charge is -2.22. The fraction of sp³-hybridized carbons (Fsp3) is 0.769. The Hall–Kier alpha value is -0.870. The van der Waals surface area contributed by atoms with Crippen LogP contribution in [-0.4, -0.2) is 29.5 Å². The van der Waals surface area contributed by atoms with Gasteiger partial charge in [0.25, 0.3) is 0 Å². The van der Waals surface area contributed by atoms with Crippen LogP contribution >= 0.6 is 0 Å². The van der Waals surface area contributed by atoms with E-state index in [1.54, 1.807) is 0 Å². The van der Waals surface area contributed by atoms with Crippen molar-refractivity contribution in [1.29, 1.82) is 0 Å². The van der Waals surface area contributed by atoms with Crippen molar-refractivity contribution in [2.75, 3.05) is 19.8 Å². The van der Waals surface area contributed by atoms with Gasteiger partial charge in [-0.3, -0.25) is 4.68 Å². The number of hydrogen-bond donors (Lipinski definition) is 1. The average molecular weight is 237 g/mol. The maximum Gasteiger partial charge on any atom is 0.0691 e. The highest BCUT2D eigenvalue weighted by Gasteiger charge is 2.23. The Morgan fingerprint density at radius 3 is 2.88 bits per heavy atom. The summed E-state index contributed by atoms with van der Waals surface area (Å²) in [5.41, 5.74) is 8.31. The van der Waals surface area contributed by atoms with Crippen molar-refractivity contribution in [1.82, 2.24) is 9.78 Å². The molecule has 1 aliphatic heterocycles. The van der Waals surface area contributed by atoms with E-state index in [1.807, 2.05) is 11.7 Å². The summed E-state index contributed by atoms with van der Waals surface area (Å²) in [6.45, 7) is 4.72. The van der Waals surface area contributed by atoms with Crippen molar-refractivity contribution < 1.29 is 4.74 Å². The monoisotopic (exact) mass is 237 g/mol. The first-order valence-corrected chi connectivity index (χ1v) is 6.53. The van der Waals surface area contributed by atoms with Crippen LogP contribution in [-0.2, 0) is 11.8 Å². The van der Waals surface area contributed by atoms with Gasteiger partial charge in [-0.25, -0.2) is 0 Å². The molecule has 96 valence electrons. The van der Waals surface area contributed by atoms with Crippen LogP contribution < -0.4 is 5.73 Å². The third-order valence-corrected chi connectivity index (χ3v) is 3.63. The number of nitrogens with two attached hydrogens (primary N) is 1. The molecule has 4 nitrogen and oxygen atoms in total. The number of nitrogens with zero attached hydrogens (tertiary/aromatic N) is 2. The quantitative estimate of drug-likeness (QED) is 0.868. The molecule has 0 aromatic carbocycles. The van der Waals surface area contributed by atoms with Crippen LogP contribution in [0, 0.1) is 0 Å². The molecule has 1 saturated heterocycles. The van der Waals surface area contributed by atoms with Gasteiger partial charge in [-0.15, -0.1) is 0 Å². The summed E-state index contributed by atoms with van der Waals surface area (Å²) in [5, 5.41) is 4.66. The zero-order chi connectivity index (χ0) is 12.3. The maximum atomic E-state index is 5.65. The molecule has 1 aromatic rings. The van der Waals surface area contributed by atoms with Crippen molar-refractivity contribution in [2.45, 2.75) is 38.0 Å². The lowest BCUT2D eigenvalue weighted by molar-refractivity contribution is 0.0841. The fourth-order valence-electron chi connectivity index (χ4n) is 2.60. The number of ether oxygens (including phenoxy) is 1. The van der Waals surface area contributed by atoms with Gasteiger partial charge in [0, 0.05) is 32.4 Å². The van der Waals surface area contributed by atoms with E-state index in [1.165, 1.54) is 11.3 Å². The van der Waals surface area contributed by atoms with E-state index in [0.29, 0.717) is 11.8 Å². The van der Waals surface area contributed by atoms with Gasteiger partial charge >= 0.3 is 0 Å². The second-order valence-corrected chi connectivity index (χ2v) is 5.01. The Kier molecular flexibility index (Phi) is 4.18. The summed E-state index contributed by atoms with van der Waals surface area (Å²) >= 11 is 0. The highest BCUT2D eigenvalue weighted by Crippen LogP contribution is 2.32. The van der Waals surface area contributed by atoms with Gasteiger partial charge in [-0.05, 0) is 37.3 Å². The van der Waals surface area contributed by atoms with Crippen LogP contribution in [0.25, 0.3) is 0 Å². The van der Waals surface area contributed by atoms with Gasteiger partial charge in [0.2, 0.25) is 0 Å². The van der Waals surface area contributed by atoms with E-state index in [9.17, 15) is 0 Å². The molecule has 1 aliphatic rings. The molecule has 17 heavy (non-hydrogen) atoms. The van der Waals surface area contributed by atoms with E-state index in [4.69, 9.17) is 10.5 Å². The molecule has 1 unspecified atom stereocenters. The molecule has 0 aliphatic carbocycles. The Morgan fingerprint density at radius 1 is 1.53 bits per heavy atom. The van der Waals surface area contributed by atoms with Gasteiger partial charge < -0.3 is 10.5 Å². The van der Waals surface area contributed by atoms with Crippen molar-refractivity contribution >= 4 is 0 Å². The molecule has 2 N–H and O–H groups in total. The predicted molar refractivity (Wildman–Crippen MR) is 68.1 cm³/mol. The number of aryl methyl sites for hydroxylation is 1. The van der Waals surface area contributed by atoms with E-state index in [0.717, 1.165) is 39.0 Å². The van der Waals surface area contributed by atoms with Gasteiger partial charge in [0.05, 0.1) is 5.69 Å². The smallest absolute Gasteiger partial charge is 0.0691 e.